The zero-order valence-corrected chi connectivity index (χ0v) is 15.1. The van der Waals surface area contributed by atoms with E-state index in [2.05, 4.69) is 10.3 Å². The van der Waals surface area contributed by atoms with E-state index >= 15 is 0 Å². The molecular formula is C19H19F2N3OS. The van der Waals surface area contributed by atoms with Gasteiger partial charge < -0.3 is 5.32 Å². The van der Waals surface area contributed by atoms with E-state index < -0.39 is 17.9 Å². The second-order valence-corrected chi connectivity index (χ2v) is 7.76. The molecule has 3 aromatic rings. The molecule has 1 unspecified atom stereocenters. The Morgan fingerprint density at radius 1 is 1.42 bits per heavy atom. The Kier molecular flexibility index (Phi) is 4.26. The number of nitrogens with zero attached hydrogens (tertiary/aromatic N) is 2. The second kappa shape index (κ2) is 6.46. The van der Waals surface area contributed by atoms with Crippen molar-refractivity contribution >= 4 is 22.9 Å². The smallest absolute Gasteiger partial charge is 0.268 e. The van der Waals surface area contributed by atoms with Gasteiger partial charge in [0.05, 0.1) is 22.8 Å². The molecule has 1 saturated carbocycles. The number of fused-ring (bicyclic) bond motifs is 1. The number of nitrogens with one attached hydrogen (secondary N) is 1. The predicted molar refractivity (Wildman–Crippen MR) is 97.7 cm³/mol. The number of imidazole rings is 1. The summed E-state index contributed by atoms with van der Waals surface area (Å²) in [7, 11) is 0. The molecule has 0 radical (unpaired) electrons. The van der Waals surface area contributed by atoms with E-state index in [1.807, 2.05) is 34.2 Å². The largest absolute Gasteiger partial charge is 0.342 e. The highest BCUT2D eigenvalue weighted by Gasteiger charge is 2.46. The van der Waals surface area contributed by atoms with E-state index in [1.54, 1.807) is 19.2 Å². The van der Waals surface area contributed by atoms with Crippen LogP contribution in [0.2, 0.25) is 0 Å². The molecule has 0 saturated heterocycles. The summed E-state index contributed by atoms with van der Waals surface area (Å²) in [5.74, 6) is -3.52. The van der Waals surface area contributed by atoms with Crippen LogP contribution in [0.15, 0.2) is 42.0 Å². The Hall–Kier alpha value is -2.28. The first kappa shape index (κ1) is 17.1. The minimum Gasteiger partial charge on any atom is -0.342 e. The van der Waals surface area contributed by atoms with E-state index in [0.717, 1.165) is 16.9 Å². The SMILES string of the molecule is C[C@@H]1CCCC(F)(F)C1NC(=O)c1cc(-c2cnc3ccccn23)cs1. The highest BCUT2D eigenvalue weighted by Crippen LogP contribution is 2.37. The monoisotopic (exact) mass is 375 g/mol. The Bertz CT molecular complexity index is 949. The van der Waals surface area contributed by atoms with Gasteiger partial charge in [-0.2, -0.15) is 0 Å². The minimum atomic E-state index is -2.85. The van der Waals surface area contributed by atoms with Crippen LogP contribution >= 0.6 is 11.3 Å². The lowest BCUT2D eigenvalue weighted by molar-refractivity contribution is -0.0784. The van der Waals surface area contributed by atoms with Gasteiger partial charge in [0.15, 0.2) is 0 Å². The number of hydrogen-bond donors (Lipinski definition) is 1. The molecule has 26 heavy (non-hydrogen) atoms. The van der Waals surface area contributed by atoms with Crippen LogP contribution in [-0.2, 0) is 0 Å². The highest BCUT2D eigenvalue weighted by molar-refractivity contribution is 7.12. The lowest BCUT2D eigenvalue weighted by atomic mass is 9.83. The molecule has 0 aromatic carbocycles. The maximum atomic E-state index is 14.2. The van der Waals surface area contributed by atoms with Crippen LogP contribution < -0.4 is 5.32 Å². The van der Waals surface area contributed by atoms with E-state index in [9.17, 15) is 13.6 Å². The van der Waals surface area contributed by atoms with Crippen LogP contribution in [-0.4, -0.2) is 27.3 Å². The molecule has 1 fully saturated rings. The third-order valence-corrected chi connectivity index (χ3v) is 5.95. The van der Waals surface area contributed by atoms with Crippen molar-refractivity contribution in [2.75, 3.05) is 0 Å². The van der Waals surface area contributed by atoms with Gasteiger partial charge in [-0.1, -0.05) is 13.0 Å². The maximum Gasteiger partial charge on any atom is 0.268 e. The molecule has 7 heteroatoms. The van der Waals surface area contributed by atoms with Crippen molar-refractivity contribution in [3.8, 4) is 11.3 Å². The van der Waals surface area contributed by atoms with Gasteiger partial charge in [0.25, 0.3) is 11.8 Å². The number of amides is 1. The van der Waals surface area contributed by atoms with E-state index in [0.29, 0.717) is 17.7 Å². The molecule has 0 bridgehead atoms. The number of carbonyl (C=O) groups excluding carboxylic acids is 1. The summed E-state index contributed by atoms with van der Waals surface area (Å²) in [6.45, 7) is 1.77. The number of rotatable bonds is 3. The molecule has 1 aliphatic carbocycles. The molecule has 1 N–H and O–H groups in total. The van der Waals surface area contributed by atoms with E-state index in [1.165, 1.54) is 11.3 Å². The minimum absolute atomic E-state index is 0.167. The van der Waals surface area contributed by atoms with Crippen molar-refractivity contribution in [2.45, 2.75) is 38.2 Å². The van der Waals surface area contributed by atoms with Crippen LogP contribution in [0.5, 0.6) is 0 Å². The quantitative estimate of drug-likeness (QED) is 0.726. The van der Waals surface area contributed by atoms with E-state index in [4.69, 9.17) is 0 Å². The standard InChI is InChI=1S/C19H19F2N3OS/c1-12-5-4-7-19(20,21)17(12)23-18(25)15-9-13(11-26-15)14-10-22-16-6-2-3-8-24(14)16/h2-3,6,8-12,17H,4-5,7H2,1H3,(H,23,25)/t12-,17?/m1/s1. The normalized spacial score (nSPS) is 22.4. The predicted octanol–water partition coefficient (Wildman–Crippen LogP) is 4.62. The topological polar surface area (TPSA) is 46.4 Å². The number of alkyl halides is 2. The molecule has 4 rings (SSSR count). The molecule has 4 nitrogen and oxygen atoms in total. The van der Waals surface area contributed by atoms with Crippen LogP contribution in [0.25, 0.3) is 16.9 Å². The van der Waals surface area contributed by atoms with Gasteiger partial charge >= 0.3 is 0 Å². The fourth-order valence-corrected chi connectivity index (χ4v) is 4.40. The Morgan fingerprint density at radius 3 is 3.08 bits per heavy atom. The fourth-order valence-electron chi connectivity index (χ4n) is 3.59. The Labute approximate surface area is 153 Å². The molecule has 0 aliphatic heterocycles. The van der Waals surface area contributed by atoms with Crippen LogP contribution in [0.3, 0.4) is 0 Å². The molecular weight excluding hydrogens is 356 g/mol. The van der Waals surface area contributed by atoms with Crippen molar-refractivity contribution in [2.24, 2.45) is 5.92 Å². The molecule has 1 amide bonds. The molecule has 3 heterocycles. The van der Waals surface area contributed by atoms with E-state index in [-0.39, 0.29) is 12.3 Å². The molecule has 0 spiro atoms. The number of carbonyl (C=O) groups is 1. The Balaban J connectivity index is 1.57. The van der Waals surface area contributed by atoms with Gasteiger partial charge in [-0.25, -0.2) is 13.8 Å². The molecule has 3 aromatic heterocycles. The zero-order valence-electron chi connectivity index (χ0n) is 14.3. The van der Waals surface area contributed by atoms with Gasteiger partial charge in [-0.3, -0.25) is 9.20 Å². The molecule has 1 aliphatic rings. The third kappa shape index (κ3) is 3.00. The Morgan fingerprint density at radius 2 is 2.27 bits per heavy atom. The summed E-state index contributed by atoms with van der Waals surface area (Å²) >= 11 is 1.26. The lowest BCUT2D eigenvalue weighted by Crippen LogP contribution is -2.53. The van der Waals surface area contributed by atoms with Gasteiger partial charge in [0.2, 0.25) is 0 Å². The van der Waals surface area contributed by atoms with Crippen molar-refractivity contribution in [3.05, 3.63) is 46.9 Å². The summed E-state index contributed by atoms with van der Waals surface area (Å²) in [6.07, 6.45) is 4.69. The maximum absolute atomic E-state index is 14.2. The van der Waals surface area contributed by atoms with Crippen LogP contribution in [0.1, 0.15) is 35.9 Å². The van der Waals surface area contributed by atoms with Crippen molar-refractivity contribution in [1.29, 1.82) is 0 Å². The summed E-state index contributed by atoms with van der Waals surface area (Å²) < 4.78 is 30.3. The van der Waals surface area contributed by atoms with Gasteiger partial charge in [-0.05, 0) is 37.0 Å². The molecule has 136 valence electrons. The fraction of sp³-hybridized carbons (Fsp3) is 0.368. The highest BCUT2D eigenvalue weighted by atomic mass is 32.1. The van der Waals surface area contributed by atoms with Gasteiger partial charge in [-0.15, -0.1) is 11.3 Å². The number of halogens is 2. The first-order chi connectivity index (χ1) is 12.5. The molecule has 2 atom stereocenters. The average molecular weight is 375 g/mol. The number of pyridine rings is 1. The second-order valence-electron chi connectivity index (χ2n) is 6.85. The van der Waals surface area contributed by atoms with Crippen molar-refractivity contribution in [3.63, 3.8) is 0 Å². The summed E-state index contributed by atoms with van der Waals surface area (Å²) in [5, 5.41) is 4.43. The number of thiophene rings is 1. The lowest BCUT2D eigenvalue weighted by Gasteiger charge is -2.36. The summed E-state index contributed by atoms with van der Waals surface area (Å²) in [5.41, 5.74) is 2.53. The first-order valence-electron chi connectivity index (χ1n) is 8.65. The first-order valence-corrected chi connectivity index (χ1v) is 9.53. The van der Waals surface area contributed by atoms with Crippen molar-refractivity contribution in [1.82, 2.24) is 14.7 Å². The van der Waals surface area contributed by atoms with Crippen LogP contribution in [0, 0.1) is 5.92 Å². The summed E-state index contributed by atoms with van der Waals surface area (Å²) in [4.78, 5) is 17.3. The average Bonchev–Trinajstić information content (AvgIpc) is 3.24. The third-order valence-electron chi connectivity index (χ3n) is 5.02. The summed E-state index contributed by atoms with van der Waals surface area (Å²) in [6, 6.07) is 6.34. The van der Waals surface area contributed by atoms with Gasteiger partial charge in [0.1, 0.15) is 5.65 Å². The van der Waals surface area contributed by atoms with Crippen LogP contribution in [0.4, 0.5) is 8.78 Å². The number of hydrogen-bond acceptors (Lipinski definition) is 3. The number of aromatic nitrogens is 2. The van der Waals surface area contributed by atoms with Gasteiger partial charge in [0, 0.05) is 23.6 Å². The zero-order chi connectivity index (χ0) is 18.3. The van der Waals surface area contributed by atoms with Crippen molar-refractivity contribution < 1.29 is 13.6 Å².